The Morgan fingerprint density at radius 2 is 2.38 bits per heavy atom. The van der Waals surface area contributed by atoms with Gasteiger partial charge in [0.2, 0.25) is 5.91 Å². The molecule has 1 amide bonds. The van der Waals surface area contributed by atoms with Crippen molar-refractivity contribution in [2.24, 2.45) is 5.73 Å². The minimum atomic E-state index is -0.993. The van der Waals surface area contributed by atoms with Gasteiger partial charge < -0.3 is 16.2 Å². The first kappa shape index (κ1) is 13.3. The van der Waals surface area contributed by atoms with E-state index in [-0.39, 0.29) is 11.9 Å². The van der Waals surface area contributed by atoms with Crippen LogP contribution in [0.1, 0.15) is 26.7 Å². The standard InChI is InChI=1S/C10H18N2O3S/c1-10(2,8(11)9(14)15)16-5-6-3-4-7(13)12-6/h6,8H,3-5,11H2,1-2H3,(H,12,13)(H,14,15)/t6?,8-/m0/s1. The lowest BCUT2D eigenvalue weighted by atomic mass is 10.1. The number of carboxylic acids is 1. The summed E-state index contributed by atoms with van der Waals surface area (Å²) in [5.41, 5.74) is 5.60. The second-order valence-corrected chi connectivity index (χ2v) is 6.21. The van der Waals surface area contributed by atoms with Crippen LogP contribution in [-0.4, -0.2) is 39.6 Å². The van der Waals surface area contributed by atoms with Crippen molar-refractivity contribution in [3.63, 3.8) is 0 Å². The van der Waals surface area contributed by atoms with E-state index in [2.05, 4.69) is 5.32 Å². The van der Waals surface area contributed by atoms with Gasteiger partial charge in [0, 0.05) is 23.0 Å². The predicted molar refractivity (Wildman–Crippen MR) is 63.3 cm³/mol. The highest BCUT2D eigenvalue weighted by Gasteiger charge is 2.34. The van der Waals surface area contributed by atoms with Crippen molar-refractivity contribution in [2.45, 2.75) is 43.5 Å². The molecule has 1 saturated heterocycles. The van der Waals surface area contributed by atoms with Gasteiger partial charge in [-0.15, -0.1) is 0 Å². The summed E-state index contributed by atoms with van der Waals surface area (Å²) in [5, 5.41) is 11.7. The molecule has 1 rings (SSSR count). The summed E-state index contributed by atoms with van der Waals surface area (Å²) in [6.45, 7) is 3.63. The first-order chi connectivity index (χ1) is 7.33. The number of rotatable bonds is 5. The third-order valence-electron chi connectivity index (χ3n) is 2.76. The Morgan fingerprint density at radius 3 is 2.81 bits per heavy atom. The monoisotopic (exact) mass is 246 g/mol. The quantitative estimate of drug-likeness (QED) is 0.644. The zero-order valence-corrected chi connectivity index (χ0v) is 10.3. The van der Waals surface area contributed by atoms with Gasteiger partial charge in [-0.3, -0.25) is 9.59 Å². The van der Waals surface area contributed by atoms with E-state index in [9.17, 15) is 9.59 Å². The van der Waals surface area contributed by atoms with E-state index in [1.807, 2.05) is 13.8 Å². The molecule has 0 aromatic carbocycles. The van der Waals surface area contributed by atoms with Crippen LogP contribution in [0.4, 0.5) is 0 Å². The van der Waals surface area contributed by atoms with E-state index in [1.165, 1.54) is 11.8 Å². The highest BCUT2D eigenvalue weighted by Crippen LogP contribution is 2.29. The average molecular weight is 246 g/mol. The van der Waals surface area contributed by atoms with Crippen molar-refractivity contribution < 1.29 is 14.7 Å². The molecule has 2 atom stereocenters. The molecule has 1 aliphatic heterocycles. The normalized spacial score (nSPS) is 22.9. The van der Waals surface area contributed by atoms with Gasteiger partial charge in [-0.05, 0) is 20.3 Å². The third-order valence-corrected chi connectivity index (χ3v) is 4.32. The van der Waals surface area contributed by atoms with Crippen molar-refractivity contribution in [1.82, 2.24) is 5.32 Å². The van der Waals surface area contributed by atoms with Gasteiger partial charge in [0.15, 0.2) is 0 Å². The Balaban J connectivity index is 2.41. The SMILES string of the molecule is CC(C)(SCC1CCC(=O)N1)[C@@H](N)C(=O)O. The van der Waals surface area contributed by atoms with Crippen LogP contribution in [0.15, 0.2) is 0 Å². The Morgan fingerprint density at radius 1 is 1.75 bits per heavy atom. The predicted octanol–water partition coefficient (Wildman–Crippen LogP) is 0.189. The minimum absolute atomic E-state index is 0.0749. The zero-order chi connectivity index (χ0) is 12.3. The van der Waals surface area contributed by atoms with Gasteiger partial charge in [-0.2, -0.15) is 11.8 Å². The molecule has 0 radical (unpaired) electrons. The van der Waals surface area contributed by atoms with Gasteiger partial charge in [0.05, 0.1) is 0 Å². The van der Waals surface area contributed by atoms with Gasteiger partial charge in [-0.1, -0.05) is 0 Å². The molecule has 0 saturated carbocycles. The Labute approximate surface area is 99.1 Å². The molecule has 0 bridgehead atoms. The fraction of sp³-hybridized carbons (Fsp3) is 0.800. The lowest BCUT2D eigenvalue weighted by Crippen LogP contribution is -2.47. The lowest BCUT2D eigenvalue weighted by molar-refractivity contribution is -0.139. The summed E-state index contributed by atoms with van der Waals surface area (Å²) < 4.78 is -0.529. The van der Waals surface area contributed by atoms with E-state index in [1.54, 1.807) is 0 Å². The summed E-state index contributed by atoms with van der Waals surface area (Å²) >= 11 is 1.49. The number of nitrogens with one attached hydrogen (secondary N) is 1. The number of thioether (sulfide) groups is 1. The summed E-state index contributed by atoms with van der Waals surface area (Å²) in [6.07, 6.45) is 1.39. The maximum atomic E-state index is 11.0. The molecule has 5 nitrogen and oxygen atoms in total. The number of carbonyl (C=O) groups is 2. The van der Waals surface area contributed by atoms with Crippen LogP contribution < -0.4 is 11.1 Å². The number of carbonyl (C=O) groups excluding carboxylic acids is 1. The second kappa shape index (κ2) is 5.05. The Kier molecular flexibility index (Phi) is 4.21. The molecule has 1 heterocycles. The molecule has 1 fully saturated rings. The summed E-state index contributed by atoms with van der Waals surface area (Å²) in [4.78, 5) is 21.8. The van der Waals surface area contributed by atoms with Crippen LogP contribution in [0.2, 0.25) is 0 Å². The molecule has 1 aliphatic rings. The molecule has 1 unspecified atom stereocenters. The molecule has 92 valence electrons. The fourth-order valence-electron chi connectivity index (χ4n) is 1.50. The molecule has 4 N–H and O–H groups in total. The largest absolute Gasteiger partial charge is 0.480 e. The van der Waals surface area contributed by atoms with Gasteiger partial charge in [0.1, 0.15) is 6.04 Å². The van der Waals surface area contributed by atoms with Crippen molar-refractivity contribution >= 4 is 23.6 Å². The summed E-state index contributed by atoms with van der Waals surface area (Å²) in [6, 6.07) is -0.743. The number of hydrogen-bond acceptors (Lipinski definition) is 4. The van der Waals surface area contributed by atoms with E-state index in [0.29, 0.717) is 12.2 Å². The molecule has 0 aromatic heterocycles. The first-order valence-corrected chi connectivity index (χ1v) is 6.23. The second-order valence-electron chi connectivity index (χ2n) is 4.53. The maximum absolute atomic E-state index is 11.0. The van der Waals surface area contributed by atoms with Crippen LogP contribution in [0.3, 0.4) is 0 Å². The summed E-state index contributed by atoms with van der Waals surface area (Å²) in [5.74, 6) is -0.210. The van der Waals surface area contributed by atoms with Crippen LogP contribution in [0.5, 0.6) is 0 Å². The Hall–Kier alpha value is -0.750. The van der Waals surface area contributed by atoms with Crippen molar-refractivity contribution in [3.8, 4) is 0 Å². The molecule has 16 heavy (non-hydrogen) atoms. The molecular weight excluding hydrogens is 228 g/mol. The van der Waals surface area contributed by atoms with Crippen LogP contribution in [0, 0.1) is 0 Å². The lowest BCUT2D eigenvalue weighted by Gasteiger charge is -2.29. The smallest absolute Gasteiger partial charge is 0.321 e. The number of amides is 1. The van der Waals surface area contributed by atoms with Crippen molar-refractivity contribution in [2.75, 3.05) is 5.75 Å². The van der Waals surface area contributed by atoms with Crippen molar-refractivity contribution in [1.29, 1.82) is 0 Å². The number of nitrogens with two attached hydrogens (primary N) is 1. The topological polar surface area (TPSA) is 92.4 Å². The average Bonchev–Trinajstić information content (AvgIpc) is 2.60. The molecule has 0 spiro atoms. The molecular formula is C10H18N2O3S. The highest BCUT2D eigenvalue weighted by molar-refractivity contribution is 8.00. The molecule has 6 heteroatoms. The van der Waals surface area contributed by atoms with Crippen molar-refractivity contribution in [3.05, 3.63) is 0 Å². The van der Waals surface area contributed by atoms with E-state index >= 15 is 0 Å². The van der Waals surface area contributed by atoms with Crippen LogP contribution in [-0.2, 0) is 9.59 Å². The van der Waals surface area contributed by atoms with Gasteiger partial charge in [-0.25, -0.2) is 0 Å². The van der Waals surface area contributed by atoms with Crippen LogP contribution >= 0.6 is 11.8 Å². The molecule has 0 aromatic rings. The van der Waals surface area contributed by atoms with E-state index < -0.39 is 16.8 Å². The highest BCUT2D eigenvalue weighted by atomic mass is 32.2. The number of aliphatic carboxylic acids is 1. The van der Waals surface area contributed by atoms with Gasteiger partial charge in [0.25, 0.3) is 0 Å². The first-order valence-electron chi connectivity index (χ1n) is 5.24. The third kappa shape index (κ3) is 3.38. The van der Waals surface area contributed by atoms with E-state index in [4.69, 9.17) is 10.8 Å². The van der Waals surface area contributed by atoms with Gasteiger partial charge >= 0.3 is 5.97 Å². The maximum Gasteiger partial charge on any atom is 0.321 e. The number of hydrogen-bond donors (Lipinski definition) is 3. The van der Waals surface area contributed by atoms with E-state index in [0.717, 1.165) is 6.42 Å². The number of carboxylic acid groups (broad SMARTS) is 1. The Bertz CT molecular complexity index is 294. The van der Waals surface area contributed by atoms with Crippen LogP contribution in [0.25, 0.3) is 0 Å². The summed E-state index contributed by atoms with van der Waals surface area (Å²) in [7, 11) is 0. The minimum Gasteiger partial charge on any atom is -0.480 e. The fourth-order valence-corrected chi connectivity index (χ4v) is 2.67. The molecule has 0 aliphatic carbocycles. The zero-order valence-electron chi connectivity index (χ0n) is 9.53.